The monoisotopic (exact) mass is 976 g/mol. The third kappa shape index (κ3) is 14.0. The molecule has 0 saturated carbocycles. The quantitative estimate of drug-likeness (QED) is 0.142. The van der Waals surface area contributed by atoms with E-state index in [9.17, 15) is 29.1 Å². The number of likely N-dealkylation sites (N-methyl/N-ethyl adjacent to an activating group) is 2. The predicted molar refractivity (Wildman–Crippen MR) is 262 cm³/mol. The number of benzene rings is 3. The Bertz CT molecular complexity index is 2360. The van der Waals surface area contributed by atoms with Gasteiger partial charge in [-0.15, -0.1) is 0 Å². The van der Waals surface area contributed by atoms with Gasteiger partial charge in [-0.1, -0.05) is 54.7 Å². The number of carbonyl (C=O) groups excluding carboxylic acids is 5. The van der Waals surface area contributed by atoms with Crippen LogP contribution < -0.4 is 15.4 Å². The van der Waals surface area contributed by atoms with Crippen LogP contribution in [-0.2, 0) is 55.3 Å². The lowest BCUT2D eigenvalue weighted by Crippen LogP contribution is -2.57. The number of nitrogens with one attached hydrogen (secondary N) is 2. The molecule has 368 valence electrons. The Kier molecular flexibility index (Phi) is 19.4. The Morgan fingerprint density at radius 3 is 2.22 bits per heavy atom. The van der Waals surface area contributed by atoms with E-state index >= 15 is 0 Å². The first-order valence-electron chi connectivity index (χ1n) is 22.8. The van der Waals surface area contributed by atoms with Crippen molar-refractivity contribution in [1.29, 1.82) is 0 Å². The minimum absolute atomic E-state index is 0.0611. The number of halogens is 2. The van der Waals surface area contributed by atoms with E-state index in [0.717, 1.165) is 22.6 Å². The number of rotatable bonds is 14. The van der Waals surface area contributed by atoms with Crippen LogP contribution in [0.2, 0.25) is 10.0 Å². The molecule has 1 fully saturated rings. The van der Waals surface area contributed by atoms with Crippen LogP contribution >= 0.6 is 23.2 Å². The van der Waals surface area contributed by atoms with Gasteiger partial charge < -0.3 is 49.4 Å². The van der Waals surface area contributed by atoms with Crippen molar-refractivity contribution in [3.63, 3.8) is 0 Å². The lowest BCUT2D eigenvalue weighted by molar-refractivity contribution is -0.149. The van der Waals surface area contributed by atoms with Gasteiger partial charge in [0.05, 0.1) is 43.6 Å². The topological polar surface area (TPSA) is 179 Å². The number of ether oxygens (including phenoxy) is 2. The van der Waals surface area contributed by atoms with Crippen LogP contribution in [0.5, 0.6) is 11.5 Å². The molecule has 1 saturated heterocycles. The molecule has 68 heavy (non-hydrogen) atoms. The number of aliphatic hydroxyl groups excluding tert-OH is 1. The van der Waals surface area contributed by atoms with Gasteiger partial charge in [-0.2, -0.15) is 0 Å². The van der Waals surface area contributed by atoms with E-state index < -0.39 is 66.2 Å². The fourth-order valence-electron chi connectivity index (χ4n) is 8.14. The maximum absolute atomic E-state index is 14.8. The lowest BCUT2D eigenvalue weighted by Gasteiger charge is -2.35. The summed E-state index contributed by atoms with van der Waals surface area (Å²) in [5, 5.41) is 18.1. The van der Waals surface area contributed by atoms with Gasteiger partial charge >= 0.3 is 0 Å². The second-order valence-electron chi connectivity index (χ2n) is 17.9. The largest absolute Gasteiger partial charge is 0.457 e. The second-order valence-corrected chi connectivity index (χ2v) is 18.7. The molecule has 6 atom stereocenters. The van der Waals surface area contributed by atoms with Crippen LogP contribution in [0, 0.1) is 5.92 Å². The van der Waals surface area contributed by atoms with Crippen LogP contribution in [0.4, 0.5) is 0 Å². The zero-order valence-corrected chi connectivity index (χ0v) is 42.0. The Morgan fingerprint density at radius 2 is 1.57 bits per heavy atom. The van der Waals surface area contributed by atoms with Crippen molar-refractivity contribution < 1.29 is 38.6 Å². The van der Waals surface area contributed by atoms with Crippen molar-refractivity contribution in [2.45, 2.75) is 96.2 Å². The molecule has 0 spiro atoms. The molecule has 2 heterocycles. The number of aromatic nitrogens is 2. The standard InChI is InChI=1S/C50H66Cl2N8O8/c1-10-11-43(61)40-25-47(63)60(28-35-14-19-37(52)23-44(35)68-39-20-15-34(16-21-39)42-27-53-45(59(42)8)29-56(4)5)32(3)48(64)55-41(30-67-9)50(66)58(7)38(22-33-12-17-36(51)18-13-33)24-46(62)54-26-31(2)57(6)49(40)65/h12-21,23,27,31-32,38,40-41,43,61H,10-11,22,24-26,28-30H2,1-9H3,(H,54,62)(H,55,64)/t31-,32-,38-,40-,41-,43+/m0/s1. The zero-order chi connectivity index (χ0) is 49.8. The Balaban J connectivity index is 1.52. The molecule has 18 heteroatoms. The zero-order valence-electron chi connectivity index (χ0n) is 40.5. The van der Waals surface area contributed by atoms with E-state index in [4.69, 9.17) is 32.7 Å². The Labute approximate surface area is 409 Å². The summed E-state index contributed by atoms with van der Waals surface area (Å²) in [5.74, 6) is -2.17. The molecule has 1 aliphatic rings. The number of imidazole rings is 1. The molecule has 3 aromatic carbocycles. The highest BCUT2D eigenvalue weighted by molar-refractivity contribution is 6.31. The van der Waals surface area contributed by atoms with Crippen LogP contribution in [0.25, 0.3) is 11.3 Å². The van der Waals surface area contributed by atoms with Gasteiger partial charge in [0.25, 0.3) is 0 Å². The highest BCUT2D eigenvalue weighted by Gasteiger charge is 2.38. The average molecular weight is 978 g/mol. The van der Waals surface area contributed by atoms with Crippen molar-refractivity contribution in [2.75, 3.05) is 48.5 Å². The van der Waals surface area contributed by atoms with Gasteiger partial charge in [0.1, 0.15) is 29.4 Å². The van der Waals surface area contributed by atoms with Gasteiger partial charge in [-0.3, -0.25) is 24.0 Å². The Hall–Kier alpha value is -5.52. The third-order valence-electron chi connectivity index (χ3n) is 12.5. The third-order valence-corrected chi connectivity index (χ3v) is 13.0. The van der Waals surface area contributed by atoms with Crippen LogP contribution in [0.1, 0.15) is 63.4 Å². The maximum Gasteiger partial charge on any atom is 0.247 e. The smallest absolute Gasteiger partial charge is 0.247 e. The summed E-state index contributed by atoms with van der Waals surface area (Å²) in [6.45, 7) is 5.49. The molecule has 5 rings (SSSR count). The highest BCUT2D eigenvalue weighted by atomic mass is 35.5. The van der Waals surface area contributed by atoms with Crippen LogP contribution in [0.15, 0.2) is 72.9 Å². The Morgan fingerprint density at radius 1 is 0.897 bits per heavy atom. The molecular formula is C50H66Cl2N8O8. The van der Waals surface area contributed by atoms with E-state index in [-0.39, 0.29) is 44.9 Å². The van der Waals surface area contributed by atoms with Gasteiger partial charge in [0.15, 0.2) is 0 Å². The fraction of sp³-hybridized carbons (Fsp3) is 0.480. The minimum atomic E-state index is -1.23. The molecular weight excluding hydrogens is 912 g/mol. The highest BCUT2D eigenvalue weighted by Crippen LogP contribution is 2.33. The minimum Gasteiger partial charge on any atom is -0.457 e. The SMILES string of the molecule is CCC[C@@H](O)[C@@H]1CC(=O)N(Cc2ccc(Cl)cc2Oc2ccc(-c3cnc(CN(C)C)n3C)cc2)[C@@H](C)C(=O)N[C@@H](COC)C(=O)N(C)[C@@H](Cc2ccc(Cl)cc2)CC(=O)NC[C@H](C)N(C)C1=O. The molecule has 0 radical (unpaired) electrons. The molecule has 5 amide bonds. The summed E-state index contributed by atoms with van der Waals surface area (Å²) < 4.78 is 13.9. The summed E-state index contributed by atoms with van der Waals surface area (Å²) in [6, 6.07) is 15.8. The number of nitrogens with zero attached hydrogens (tertiary/aromatic N) is 6. The number of methoxy groups -OCH3 is 1. The first kappa shape index (κ1) is 53.4. The van der Waals surface area contributed by atoms with Crippen molar-refractivity contribution >= 4 is 52.7 Å². The van der Waals surface area contributed by atoms with Crippen molar-refractivity contribution in [2.24, 2.45) is 13.0 Å². The first-order chi connectivity index (χ1) is 32.3. The number of hydrogen-bond acceptors (Lipinski definition) is 10. The summed E-state index contributed by atoms with van der Waals surface area (Å²) >= 11 is 12.7. The number of amides is 5. The summed E-state index contributed by atoms with van der Waals surface area (Å²) in [7, 11) is 10.5. The summed E-state index contributed by atoms with van der Waals surface area (Å²) in [5.41, 5.74) is 3.15. The van der Waals surface area contributed by atoms with Gasteiger partial charge in [0, 0.05) is 80.9 Å². The number of aliphatic hydroxyl groups is 1. The van der Waals surface area contributed by atoms with E-state index in [1.165, 1.54) is 28.7 Å². The van der Waals surface area contributed by atoms with Gasteiger partial charge in [-0.05, 0) is 94.9 Å². The maximum atomic E-state index is 14.8. The molecule has 0 aliphatic carbocycles. The lowest BCUT2D eigenvalue weighted by atomic mass is 9.92. The molecule has 1 aliphatic heterocycles. The summed E-state index contributed by atoms with van der Waals surface area (Å²) in [6.07, 6.45) is 1.11. The van der Waals surface area contributed by atoms with Gasteiger partial charge in [-0.25, -0.2) is 4.98 Å². The fourth-order valence-corrected chi connectivity index (χ4v) is 8.43. The molecule has 1 aromatic heterocycles. The molecule has 3 N–H and O–H groups in total. The van der Waals surface area contributed by atoms with E-state index in [1.807, 2.05) is 80.1 Å². The van der Waals surface area contributed by atoms with E-state index in [2.05, 4.69) is 15.6 Å². The van der Waals surface area contributed by atoms with Crippen LogP contribution in [0.3, 0.4) is 0 Å². The molecule has 0 bridgehead atoms. The van der Waals surface area contributed by atoms with Crippen molar-refractivity contribution in [3.05, 3.63) is 99.9 Å². The molecule has 4 aromatic rings. The summed E-state index contributed by atoms with van der Waals surface area (Å²) in [4.78, 5) is 82.4. The van der Waals surface area contributed by atoms with Crippen molar-refractivity contribution in [3.8, 4) is 22.8 Å². The number of hydrogen-bond donors (Lipinski definition) is 3. The van der Waals surface area contributed by atoms with Crippen molar-refractivity contribution in [1.82, 2.24) is 39.8 Å². The predicted octanol–water partition coefficient (Wildman–Crippen LogP) is 5.70. The normalized spacial score (nSPS) is 21.1. The van der Waals surface area contributed by atoms with E-state index in [0.29, 0.717) is 40.1 Å². The van der Waals surface area contributed by atoms with Crippen LogP contribution in [-0.4, -0.2) is 143 Å². The second kappa shape index (κ2) is 24.7. The molecule has 0 unspecified atom stereocenters. The van der Waals surface area contributed by atoms with Gasteiger partial charge in [0.2, 0.25) is 29.5 Å². The van der Waals surface area contributed by atoms with E-state index in [1.54, 1.807) is 51.4 Å². The molecule has 16 nitrogen and oxygen atoms in total. The average Bonchev–Trinajstić information content (AvgIpc) is 3.66. The number of carbonyl (C=O) groups is 5. The first-order valence-corrected chi connectivity index (χ1v) is 23.6.